The fourth-order valence-corrected chi connectivity index (χ4v) is 2.71. The first-order valence-electron chi connectivity index (χ1n) is 5.14. The van der Waals surface area contributed by atoms with E-state index in [-0.39, 0.29) is 0 Å². The molecule has 0 saturated carbocycles. The van der Waals surface area contributed by atoms with Crippen molar-refractivity contribution in [2.75, 3.05) is 16.8 Å². The smallest absolute Gasteiger partial charge is 0.0399 e. The molecule has 0 aliphatic carbocycles. The van der Waals surface area contributed by atoms with Crippen LogP contribution in [0.15, 0.2) is 24.5 Å². The van der Waals surface area contributed by atoms with Crippen LogP contribution in [0.1, 0.15) is 19.3 Å². The van der Waals surface area contributed by atoms with Crippen LogP contribution in [-0.2, 0) is 0 Å². The molecule has 0 aromatic carbocycles. The monoisotopic (exact) mass is 254 g/mol. The average Bonchev–Trinajstić information content (AvgIpc) is 2.30. The van der Waals surface area contributed by atoms with Crippen molar-refractivity contribution in [3.05, 3.63) is 24.5 Å². The lowest BCUT2D eigenvalue weighted by Crippen LogP contribution is -2.40. The predicted molar refractivity (Wildman–Crippen MR) is 63.0 cm³/mol. The van der Waals surface area contributed by atoms with Gasteiger partial charge in [0.1, 0.15) is 0 Å². The van der Waals surface area contributed by atoms with E-state index < -0.39 is 0 Å². The van der Waals surface area contributed by atoms with Crippen molar-refractivity contribution >= 4 is 21.6 Å². The van der Waals surface area contributed by atoms with Gasteiger partial charge in [-0.1, -0.05) is 15.9 Å². The summed E-state index contributed by atoms with van der Waals surface area (Å²) in [5.41, 5.74) is 1.31. The molecule has 1 aliphatic heterocycles. The first kappa shape index (κ1) is 9.97. The molecule has 1 aromatic rings. The van der Waals surface area contributed by atoms with E-state index >= 15 is 0 Å². The average molecular weight is 255 g/mol. The second-order valence-electron chi connectivity index (χ2n) is 3.70. The molecule has 2 heterocycles. The van der Waals surface area contributed by atoms with Gasteiger partial charge in [-0.25, -0.2) is 0 Å². The van der Waals surface area contributed by atoms with Gasteiger partial charge in [-0.15, -0.1) is 0 Å². The minimum absolute atomic E-state index is 0.658. The summed E-state index contributed by atoms with van der Waals surface area (Å²) in [7, 11) is 0. The summed E-state index contributed by atoms with van der Waals surface area (Å²) in [5, 5.41) is 1.06. The van der Waals surface area contributed by atoms with E-state index in [1.165, 1.54) is 31.5 Å². The molecule has 76 valence electrons. The van der Waals surface area contributed by atoms with Crippen molar-refractivity contribution in [3.8, 4) is 0 Å². The lowest BCUT2D eigenvalue weighted by atomic mass is 10.0. The molecule has 1 atom stereocenters. The van der Waals surface area contributed by atoms with Crippen molar-refractivity contribution in [1.82, 2.24) is 4.98 Å². The fraction of sp³-hybridized carbons (Fsp3) is 0.545. The first-order valence-corrected chi connectivity index (χ1v) is 6.26. The second-order valence-corrected chi connectivity index (χ2v) is 4.35. The maximum absolute atomic E-state index is 4.05. The van der Waals surface area contributed by atoms with Crippen LogP contribution in [0.25, 0.3) is 0 Å². The molecule has 1 aliphatic rings. The lowest BCUT2D eigenvalue weighted by Gasteiger charge is -2.36. The molecule has 1 saturated heterocycles. The molecule has 0 spiro atoms. The van der Waals surface area contributed by atoms with Crippen molar-refractivity contribution in [1.29, 1.82) is 0 Å². The molecule has 0 bridgehead atoms. The highest BCUT2D eigenvalue weighted by Gasteiger charge is 2.21. The van der Waals surface area contributed by atoms with Crippen molar-refractivity contribution in [3.63, 3.8) is 0 Å². The largest absolute Gasteiger partial charge is 0.368 e. The van der Waals surface area contributed by atoms with Gasteiger partial charge in [0.2, 0.25) is 0 Å². The zero-order chi connectivity index (χ0) is 9.80. The number of anilines is 1. The Balaban J connectivity index is 2.15. The predicted octanol–water partition coefficient (Wildman–Crippen LogP) is 2.84. The number of aromatic nitrogens is 1. The van der Waals surface area contributed by atoms with Crippen LogP contribution in [0.4, 0.5) is 5.69 Å². The van der Waals surface area contributed by atoms with Crippen LogP contribution >= 0.6 is 15.9 Å². The molecule has 0 radical (unpaired) electrons. The molecule has 1 fully saturated rings. The lowest BCUT2D eigenvalue weighted by molar-refractivity contribution is 0.491. The molecule has 2 rings (SSSR count). The standard InChI is InChI=1S/C11H15BrN2/c12-9-11-3-1-2-8-14(11)10-4-6-13-7-5-10/h4-7,11H,1-3,8-9H2. The summed E-state index contributed by atoms with van der Waals surface area (Å²) in [6.45, 7) is 1.18. The molecular weight excluding hydrogens is 240 g/mol. The third kappa shape index (κ3) is 2.08. The van der Waals surface area contributed by atoms with Gasteiger partial charge in [-0.3, -0.25) is 4.98 Å². The van der Waals surface area contributed by atoms with Crippen LogP contribution in [-0.4, -0.2) is 22.9 Å². The van der Waals surface area contributed by atoms with Crippen LogP contribution in [0, 0.1) is 0 Å². The number of rotatable bonds is 2. The summed E-state index contributed by atoms with van der Waals surface area (Å²) < 4.78 is 0. The van der Waals surface area contributed by atoms with Gasteiger partial charge in [0, 0.05) is 36.0 Å². The molecular formula is C11H15BrN2. The number of piperidine rings is 1. The molecule has 14 heavy (non-hydrogen) atoms. The fourth-order valence-electron chi connectivity index (χ4n) is 2.04. The molecule has 1 aromatic heterocycles. The molecule has 0 amide bonds. The Labute approximate surface area is 93.5 Å². The Kier molecular flexibility index (Phi) is 3.40. The van der Waals surface area contributed by atoms with Crippen molar-refractivity contribution < 1.29 is 0 Å². The zero-order valence-corrected chi connectivity index (χ0v) is 9.78. The number of hydrogen-bond acceptors (Lipinski definition) is 2. The normalized spacial score (nSPS) is 22.4. The van der Waals surface area contributed by atoms with E-state index in [4.69, 9.17) is 0 Å². The van der Waals surface area contributed by atoms with E-state index in [1.807, 2.05) is 12.4 Å². The molecule has 0 N–H and O–H groups in total. The van der Waals surface area contributed by atoms with Crippen LogP contribution in [0.5, 0.6) is 0 Å². The Morgan fingerprint density at radius 2 is 2.14 bits per heavy atom. The van der Waals surface area contributed by atoms with Gasteiger partial charge in [0.25, 0.3) is 0 Å². The summed E-state index contributed by atoms with van der Waals surface area (Å²) in [6, 6.07) is 4.85. The topological polar surface area (TPSA) is 16.1 Å². The number of pyridine rings is 1. The summed E-state index contributed by atoms with van der Waals surface area (Å²) in [6.07, 6.45) is 7.71. The number of alkyl halides is 1. The maximum Gasteiger partial charge on any atom is 0.0399 e. The van der Waals surface area contributed by atoms with E-state index in [0.29, 0.717) is 6.04 Å². The SMILES string of the molecule is BrCC1CCCCN1c1ccncc1. The van der Waals surface area contributed by atoms with Gasteiger partial charge in [0.15, 0.2) is 0 Å². The third-order valence-electron chi connectivity index (χ3n) is 2.80. The molecule has 3 heteroatoms. The number of hydrogen-bond donors (Lipinski definition) is 0. The van der Waals surface area contributed by atoms with Gasteiger partial charge < -0.3 is 4.90 Å². The summed E-state index contributed by atoms with van der Waals surface area (Å²) >= 11 is 3.59. The number of halogens is 1. The van der Waals surface area contributed by atoms with Gasteiger partial charge in [-0.05, 0) is 31.4 Å². The van der Waals surface area contributed by atoms with Crippen LogP contribution in [0.2, 0.25) is 0 Å². The van der Waals surface area contributed by atoms with E-state index in [9.17, 15) is 0 Å². The quantitative estimate of drug-likeness (QED) is 0.755. The van der Waals surface area contributed by atoms with Gasteiger partial charge in [-0.2, -0.15) is 0 Å². The van der Waals surface area contributed by atoms with Gasteiger partial charge >= 0.3 is 0 Å². The zero-order valence-electron chi connectivity index (χ0n) is 8.19. The first-order chi connectivity index (χ1) is 6.92. The Morgan fingerprint density at radius 1 is 1.36 bits per heavy atom. The minimum atomic E-state index is 0.658. The third-order valence-corrected chi connectivity index (χ3v) is 3.55. The van der Waals surface area contributed by atoms with Crippen LogP contribution in [0.3, 0.4) is 0 Å². The Hall–Kier alpha value is -0.570. The van der Waals surface area contributed by atoms with Crippen LogP contribution < -0.4 is 4.90 Å². The Bertz CT molecular complexity index is 276. The highest BCUT2D eigenvalue weighted by Crippen LogP contribution is 2.24. The van der Waals surface area contributed by atoms with E-state index in [1.54, 1.807) is 0 Å². The summed E-state index contributed by atoms with van der Waals surface area (Å²) in [5.74, 6) is 0. The van der Waals surface area contributed by atoms with Gasteiger partial charge in [0.05, 0.1) is 0 Å². The molecule has 2 nitrogen and oxygen atoms in total. The highest BCUT2D eigenvalue weighted by atomic mass is 79.9. The number of nitrogens with zero attached hydrogens (tertiary/aromatic N) is 2. The van der Waals surface area contributed by atoms with Crippen molar-refractivity contribution in [2.24, 2.45) is 0 Å². The molecule has 1 unspecified atom stereocenters. The van der Waals surface area contributed by atoms with E-state index in [0.717, 1.165) is 5.33 Å². The Morgan fingerprint density at radius 3 is 2.86 bits per heavy atom. The minimum Gasteiger partial charge on any atom is -0.368 e. The van der Waals surface area contributed by atoms with Crippen molar-refractivity contribution in [2.45, 2.75) is 25.3 Å². The summed E-state index contributed by atoms with van der Waals surface area (Å²) in [4.78, 5) is 6.54. The van der Waals surface area contributed by atoms with E-state index in [2.05, 4.69) is 37.9 Å². The highest BCUT2D eigenvalue weighted by molar-refractivity contribution is 9.09. The second kappa shape index (κ2) is 4.78. The maximum atomic E-state index is 4.05.